The van der Waals surface area contributed by atoms with Gasteiger partial charge in [0.15, 0.2) is 0 Å². The minimum atomic E-state index is -0.0444. The Labute approximate surface area is 124 Å². The zero-order valence-electron chi connectivity index (χ0n) is 10.6. The molecular weight excluding hydrogens is 324 g/mol. The highest BCUT2D eigenvalue weighted by atomic mass is 79.9. The SMILES string of the molecule is CC1(NC(=O)c2sc3cc(Br)ccc3c2N)CCC1. The first-order valence-electron chi connectivity index (χ1n) is 6.29. The monoisotopic (exact) mass is 338 g/mol. The second-order valence-corrected chi connectivity index (χ2v) is 7.32. The molecular formula is C14H15BrN2OS. The summed E-state index contributed by atoms with van der Waals surface area (Å²) in [5.74, 6) is -0.0444. The summed E-state index contributed by atoms with van der Waals surface area (Å²) in [5, 5.41) is 4.06. The number of rotatable bonds is 2. The molecule has 1 aliphatic carbocycles. The van der Waals surface area contributed by atoms with Gasteiger partial charge in [-0.2, -0.15) is 0 Å². The summed E-state index contributed by atoms with van der Waals surface area (Å²) in [5.41, 5.74) is 6.65. The molecule has 0 unspecified atom stereocenters. The summed E-state index contributed by atoms with van der Waals surface area (Å²) in [7, 11) is 0. The molecule has 19 heavy (non-hydrogen) atoms. The van der Waals surface area contributed by atoms with Crippen LogP contribution >= 0.6 is 27.3 Å². The summed E-state index contributed by atoms with van der Waals surface area (Å²) in [6, 6.07) is 5.89. The Morgan fingerprint density at radius 2 is 2.21 bits per heavy atom. The van der Waals surface area contributed by atoms with E-state index in [1.165, 1.54) is 17.8 Å². The van der Waals surface area contributed by atoms with Crippen LogP contribution in [0, 0.1) is 0 Å². The third kappa shape index (κ3) is 2.25. The first-order chi connectivity index (χ1) is 8.98. The molecule has 1 fully saturated rings. The number of carbonyl (C=O) groups excluding carboxylic acids is 1. The van der Waals surface area contributed by atoms with Gasteiger partial charge in [-0.3, -0.25) is 4.79 Å². The average molecular weight is 339 g/mol. The van der Waals surface area contributed by atoms with Crippen molar-refractivity contribution in [1.29, 1.82) is 0 Å². The van der Waals surface area contributed by atoms with E-state index in [9.17, 15) is 4.79 Å². The van der Waals surface area contributed by atoms with E-state index in [1.54, 1.807) is 0 Å². The molecule has 3 nitrogen and oxygen atoms in total. The first kappa shape index (κ1) is 12.9. The fourth-order valence-electron chi connectivity index (χ4n) is 2.42. The number of benzene rings is 1. The maximum atomic E-state index is 12.3. The van der Waals surface area contributed by atoms with Gasteiger partial charge >= 0.3 is 0 Å². The summed E-state index contributed by atoms with van der Waals surface area (Å²) in [6.45, 7) is 2.09. The second kappa shape index (κ2) is 4.49. The molecule has 1 aromatic heterocycles. The first-order valence-corrected chi connectivity index (χ1v) is 7.89. The van der Waals surface area contributed by atoms with Crippen molar-refractivity contribution in [2.75, 3.05) is 5.73 Å². The lowest BCUT2D eigenvalue weighted by Crippen LogP contribution is -2.50. The lowest BCUT2D eigenvalue weighted by atomic mass is 9.78. The zero-order chi connectivity index (χ0) is 13.6. The van der Waals surface area contributed by atoms with E-state index in [4.69, 9.17) is 5.73 Å². The number of hydrogen-bond donors (Lipinski definition) is 2. The summed E-state index contributed by atoms with van der Waals surface area (Å²) < 4.78 is 2.04. The molecule has 1 heterocycles. The van der Waals surface area contributed by atoms with Gasteiger partial charge in [0.25, 0.3) is 5.91 Å². The summed E-state index contributed by atoms with van der Waals surface area (Å²) in [6.07, 6.45) is 3.29. The molecule has 100 valence electrons. The van der Waals surface area contributed by atoms with E-state index in [2.05, 4.69) is 28.2 Å². The van der Waals surface area contributed by atoms with Crippen LogP contribution in [-0.4, -0.2) is 11.4 Å². The number of carbonyl (C=O) groups is 1. The highest BCUT2D eigenvalue weighted by Gasteiger charge is 2.34. The summed E-state index contributed by atoms with van der Waals surface area (Å²) >= 11 is 4.89. The van der Waals surface area contributed by atoms with Crippen molar-refractivity contribution in [3.8, 4) is 0 Å². The van der Waals surface area contributed by atoms with E-state index < -0.39 is 0 Å². The molecule has 0 atom stereocenters. The Kier molecular flexibility index (Phi) is 3.06. The zero-order valence-corrected chi connectivity index (χ0v) is 13.0. The molecule has 0 radical (unpaired) electrons. The minimum absolute atomic E-state index is 0.0414. The second-order valence-electron chi connectivity index (χ2n) is 5.35. The fourth-order valence-corrected chi connectivity index (χ4v) is 3.99. The maximum Gasteiger partial charge on any atom is 0.263 e. The van der Waals surface area contributed by atoms with Crippen molar-refractivity contribution in [3.05, 3.63) is 27.5 Å². The van der Waals surface area contributed by atoms with E-state index in [0.29, 0.717) is 10.6 Å². The molecule has 5 heteroatoms. The van der Waals surface area contributed by atoms with Crippen LogP contribution in [0.5, 0.6) is 0 Å². The topological polar surface area (TPSA) is 55.1 Å². The predicted octanol–water partition coefficient (Wildman–Crippen LogP) is 3.92. The van der Waals surface area contributed by atoms with Gasteiger partial charge < -0.3 is 11.1 Å². The van der Waals surface area contributed by atoms with Crippen molar-refractivity contribution in [2.45, 2.75) is 31.7 Å². The van der Waals surface area contributed by atoms with Crippen LogP contribution in [0.25, 0.3) is 10.1 Å². The lowest BCUT2D eigenvalue weighted by Gasteiger charge is -2.39. The Balaban J connectivity index is 1.96. The number of nitrogen functional groups attached to an aromatic ring is 1. The van der Waals surface area contributed by atoms with Crippen molar-refractivity contribution >= 4 is 48.9 Å². The van der Waals surface area contributed by atoms with Crippen LogP contribution in [-0.2, 0) is 0 Å². The number of nitrogens with two attached hydrogens (primary N) is 1. The molecule has 0 spiro atoms. The van der Waals surface area contributed by atoms with E-state index in [1.807, 2.05) is 18.2 Å². The highest BCUT2D eigenvalue weighted by Crippen LogP contribution is 2.37. The number of anilines is 1. The van der Waals surface area contributed by atoms with Crippen LogP contribution in [0.1, 0.15) is 35.9 Å². The smallest absolute Gasteiger partial charge is 0.263 e. The quantitative estimate of drug-likeness (QED) is 0.871. The largest absolute Gasteiger partial charge is 0.397 e. The number of nitrogens with one attached hydrogen (secondary N) is 1. The predicted molar refractivity (Wildman–Crippen MR) is 83.7 cm³/mol. The van der Waals surface area contributed by atoms with Crippen molar-refractivity contribution in [2.24, 2.45) is 0 Å². The van der Waals surface area contributed by atoms with Crippen LogP contribution in [0.4, 0.5) is 5.69 Å². The Bertz CT molecular complexity index is 661. The van der Waals surface area contributed by atoms with E-state index in [0.717, 1.165) is 27.4 Å². The van der Waals surface area contributed by atoms with E-state index in [-0.39, 0.29) is 11.4 Å². The van der Waals surface area contributed by atoms with Gasteiger partial charge in [0.1, 0.15) is 4.88 Å². The molecule has 1 aromatic carbocycles. The van der Waals surface area contributed by atoms with Crippen molar-refractivity contribution in [1.82, 2.24) is 5.32 Å². The molecule has 1 aliphatic rings. The molecule has 3 rings (SSSR count). The maximum absolute atomic E-state index is 12.3. The van der Waals surface area contributed by atoms with Crippen molar-refractivity contribution < 1.29 is 4.79 Å². The Morgan fingerprint density at radius 3 is 2.84 bits per heavy atom. The van der Waals surface area contributed by atoms with Gasteiger partial charge in [0.05, 0.1) is 5.69 Å². The Hall–Kier alpha value is -1.07. The van der Waals surface area contributed by atoms with Gasteiger partial charge in [-0.15, -0.1) is 11.3 Å². The van der Waals surface area contributed by atoms with Crippen LogP contribution in [0.2, 0.25) is 0 Å². The standard InChI is InChI=1S/C14H15BrN2OS/c1-14(5-2-6-14)17-13(18)12-11(16)9-4-3-8(15)7-10(9)19-12/h3-4,7H,2,5-6,16H2,1H3,(H,17,18). The fraction of sp³-hybridized carbons (Fsp3) is 0.357. The van der Waals surface area contributed by atoms with Gasteiger partial charge in [0, 0.05) is 20.1 Å². The number of thiophene rings is 1. The molecule has 2 aromatic rings. The van der Waals surface area contributed by atoms with Crippen molar-refractivity contribution in [3.63, 3.8) is 0 Å². The van der Waals surface area contributed by atoms with Gasteiger partial charge in [-0.05, 0) is 38.3 Å². The van der Waals surface area contributed by atoms with Crippen LogP contribution < -0.4 is 11.1 Å². The third-order valence-corrected chi connectivity index (χ3v) is 5.43. The van der Waals surface area contributed by atoms with Gasteiger partial charge in [-0.1, -0.05) is 22.0 Å². The summed E-state index contributed by atoms with van der Waals surface area (Å²) in [4.78, 5) is 13.0. The molecule has 0 aliphatic heterocycles. The third-order valence-electron chi connectivity index (χ3n) is 3.77. The van der Waals surface area contributed by atoms with Gasteiger partial charge in [-0.25, -0.2) is 0 Å². The minimum Gasteiger partial charge on any atom is -0.397 e. The Morgan fingerprint density at radius 1 is 1.47 bits per heavy atom. The van der Waals surface area contributed by atoms with Crippen LogP contribution in [0.3, 0.4) is 0 Å². The number of amides is 1. The molecule has 0 saturated heterocycles. The number of halogens is 1. The average Bonchev–Trinajstić information content (AvgIpc) is 2.64. The molecule has 1 saturated carbocycles. The molecule has 1 amide bonds. The lowest BCUT2D eigenvalue weighted by molar-refractivity contribution is 0.0855. The van der Waals surface area contributed by atoms with Gasteiger partial charge in [0.2, 0.25) is 0 Å². The highest BCUT2D eigenvalue weighted by molar-refractivity contribution is 9.10. The normalized spacial score (nSPS) is 17.2. The molecule has 0 bridgehead atoms. The number of hydrogen-bond acceptors (Lipinski definition) is 3. The van der Waals surface area contributed by atoms with Crippen LogP contribution in [0.15, 0.2) is 22.7 Å². The number of fused-ring (bicyclic) bond motifs is 1. The van der Waals surface area contributed by atoms with E-state index >= 15 is 0 Å². The molecule has 3 N–H and O–H groups in total.